The van der Waals surface area contributed by atoms with Gasteiger partial charge in [0.1, 0.15) is 5.65 Å². The Hall–Kier alpha value is -2.97. The molecule has 7 nitrogen and oxygen atoms in total. The van der Waals surface area contributed by atoms with Gasteiger partial charge in [-0.1, -0.05) is 6.42 Å². The second-order valence-electron chi connectivity index (χ2n) is 12.2. The van der Waals surface area contributed by atoms with E-state index >= 15 is 4.39 Å². The fourth-order valence-electron chi connectivity index (χ4n) is 6.22. The van der Waals surface area contributed by atoms with Gasteiger partial charge in [0.25, 0.3) is 0 Å². The summed E-state index contributed by atoms with van der Waals surface area (Å²) in [6, 6.07) is 3.72. The molecular formula is C32H42FN3O4. The molecule has 1 atom stereocenters. The van der Waals surface area contributed by atoms with Crippen LogP contribution in [0.15, 0.2) is 12.1 Å². The zero-order chi connectivity index (χ0) is 28.8. The van der Waals surface area contributed by atoms with Crippen molar-refractivity contribution < 1.29 is 23.4 Å². The Morgan fingerprint density at radius 3 is 2.55 bits per heavy atom. The number of rotatable bonds is 6. The predicted octanol–water partition coefficient (Wildman–Crippen LogP) is 6.34. The third-order valence-electron chi connectivity index (χ3n) is 8.19. The molecule has 4 heterocycles. The highest BCUT2D eigenvalue weighted by Gasteiger charge is 2.35. The van der Waals surface area contributed by atoms with Gasteiger partial charge in [-0.25, -0.2) is 14.2 Å². The molecule has 1 saturated heterocycles. The van der Waals surface area contributed by atoms with E-state index in [0.29, 0.717) is 23.6 Å². The molecule has 2 aliphatic heterocycles. The molecule has 40 heavy (non-hydrogen) atoms. The number of aryl methyl sites for hydroxylation is 2. The van der Waals surface area contributed by atoms with Crippen LogP contribution in [-0.2, 0) is 34.3 Å². The van der Waals surface area contributed by atoms with E-state index < -0.39 is 17.7 Å². The second-order valence-corrected chi connectivity index (χ2v) is 12.2. The Morgan fingerprint density at radius 1 is 1.15 bits per heavy atom. The molecule has 2 aliphatic rings. The minimum Gasteiger partial charge on any atom is -0.490 e. The number of piperidine rings is 1. The summed E-state index contributed by atoms with van der Waals surface area (Å²) in [5.74, 6) is -0.561. The van der Waals surface area contributed by atoms with Gasteiger partial charge in [0, 0.05) is 47.1 Å². The number of pyridine rings is 1. The van der Waals surface area contributed by atoms with E-state index in [4.69, 9.17) is 19.2 Å². The lowest BCUT2D eigenvalue weighted by molar-refractivity contribution is -0.164. The highest BCUT2D eigenvalue weighted by molar-refractivity contribution is 5.99. The number of fused-ring (bicyclic) bond motifs is 2. The molecule has 0 radical (unpaired) electrons. The Bertz CT molecular complexity index is 1430. The normalized spacial score (nSPS) is 17.0. The standard InChI is InChI=1S/C32H42FN3O4/c1-19-22-12-11-15-39-28(22)25(33)17-23(19)27-24-16-21(18-36-13-9-8-10-14-36)35(6)30(24)34-20(2)26(27)29(31(37)38-7)40-32(3,4)5/h16-17,29H,8-15,18H2,1-7H3/t29-/m0/s1. The molecule has 2 aromatic heterocycles. The number of carbonyl (C=O) groups excluding carboxylic acids is 1. The highest BCUT2D eigenvalue weighted by Crippen LogP contribution is 2.45. The van der Waals surface area contributed by atoms with E-state index in [1.54, 1.807) is 6.07 Å². The molecule has 0 N–H and O–H groups in total. The van der Waals surface area contributed by atoms with Gasteiger partial charge >= 0.3 is 5.97 Å². The van der Waals surface area contributed by atoms with Crippen LogP contribution in [0.4, 0.5) is 4.39 Å². The summed E-state index contributed by atoms with van der Waals surface area (Å²) in [5, 5.41) is 0.876. The third-order valence-corrected chi connectivity index (χ3v) is 8.19. The van der Waals surface area contributed by atoms with Gasteiger partial charge in [-0.05, 0) is 96.7 Å². The summed E-state index contributed by atoms with van der Waals surface area (Å²) in [6.07, 6.45) is 4.22. The Labute approximate surface area is 236 Å². The number of nitrogens with zero attached hydrogens (tertiary/aromatic N) is 3. The van der Waals surface area contributed by atoms with E-state index in [2.05, 4.69) is 15.5 Å². The highest BCUT2D eigenvalue weighted by atomic mass is 19.1. The maximum atomic E-state index is 15.6. The van der Waals surface area contributed by atoms with Gasteiger partial charge in [0.2, 0.25) is 0 Å². The van der Waals surface area contributed by atoms with E-state index in [1.165, 1.54) is 26.4 Å². The first-order chi connectivity index (χ1) is 19.0. The Balaban J connectivity index is 1.81. The first-order valence-corrected chi connectivity index (χ1v) is 14.4. The molecule has 1 fully saturated rings. The predicted molar refractivity (Wildman–Crippen MR) is 154 cm³/mol. The molecule has 0 unspecified atom stereocenters. The molecular weight excluding hydrogens is 509 g/mol. The van der Waals surface area contributed by atoms with Gasteiger partial charge in [-0.2, -0.15) is 0 Å². The summed E-state index contributed by atoms with van der Waals surface area (Å²) in [7, 11) is 3.40. The molecule has 0 aliphatic carbocycles. The van der Waals surface area contributed by atoms with Crippen LogP contribution in [0.2, 0.25) is 0 Å². The van der Waals surface area contributed by atoms with Crippen molar-refractivity contribution in [1.82, 2.24) is 14.5 Å². The number of hydrogen-bond acceptors (Lipinski definition) is 6. The Kier molecular flexibility index (Phi) is 7.94. The van der Waals surface area contributed by atoms with Crippen LogP contribution in [-0.4, -0.2) is 52.8 Å². The number of benzene rings is 1. The molecule has 216 valence electrons. The summed E-state index contributed by atoms with van der Waals surface area (Å²) in [5.41, 5.74) is 5.89. The van der Waals surface area contributed by atoms with Gasteiger partial charge < -0.3 is 18.8 Å². The van der Waals surface area contributed by atoms with Crippen LogP contribution in [0.1, 0.15) is 80.6 Å². The largest absolute Gasteiger partial charge is 0.490 e. The van der Waals surface area contributed by atoms with Gasteiger partial charge in [0.15, 0.2) is 17.7 Å². The van der Waals surface area contributed by atoms with Crippen molar-refractivity contribution >= 4 is 17.0 Å². The molecule has 0 amide bonds. The maximum Gasteiger partial charge on any atom is 0.339 e. The van der Waals surface area contributed by atoms with Crippen molar-refractivity contribution in [3.8, 4) is 16.9 Å². The number of carbonyl (C=O) groups is 1. The van der Waals surface area contributed by atoms with Crippen LogP contribution in [0, 0.1) is 19.7 Å². The minimum atomic E-state index is -1.03. The van der Waals surface area contributed by atoms with Crippen molar-refractivity contribution in [3.05, 3.63) is 46.0 Å². The third kappa shape index (κ3) is 5.36. The van der Waals surface area contributed by atoms with Crippen molar-refractivity contribution in [1.29, 1.82) is 0 Å². The fourth-order valence-corrected chi connectivity index (χ4v) is 6.22. The van der Waals surface area contributed by atoms with E-state index in [-0.39, 0.29) is 5.82 Å². The lowest BCUT2D eigenvalue weighted by atomic mass is 9.86. The molecule has 5 rings (SSSR count). The van der Waals surface area contributed by atoms with E-state index in [0.717, 1.165) is 71.5 Å². The molecule has 0 saturated carbocycles. The number of aromatic nitrogens is 2. The van der Waals surface area contributed by atoms with Gasteiger partial charge in [0.05, 0.1) is 19.3 Å². The summed E-state index contributed by atoms with van der Waals surface area (Å²) >= 11 is 0. The zero-order valence-electron chi connectivity index (χ0n) is 24.9. The average molecular weight is 552 g/mol. The number of likely N-dealkylation sites (tertiary alicyclic amines) is 1. The fraction of sp³-hybridized carbons (Fsp3) is 0.562. The number of methoxy groups -OCH3 is 1. The average Bonchev–Trinajstić information content (AvgIpc) is 3.23. The SMILES string of the molecule is COC(=O)[C@@H](OC(C)(C)C)c1c(C)nc2c(cc(CN3CCCCC3)n2C)c1-c1cc(F)c2c(c1C)CCCO2. The van der Waals surface area contributed by atoms with Crippen LogP contribution in [0.5, 0.6) is 5.75 Å². The lowest BCUT2D eigenvalue weighted by Gasteiger charge is -2.29. The summed E-state index contributed by atoms with van der Waals surface area (Å²) < 4.78 is 35.1. The van der Waals surface area contributed by atoms with Gasteiger partial charge in [-0.3, -0.25) is 4.90 Å². The maximum absolute atomic E-state index is 15.6. The first kappa shape index (κ1) is 28.6. The monoisotopic (exact) mass is 551 g/mol. The molecule has 3 aromatic rings. The lowest BCUT2D eigenvalue weighted by Crippen LogP contribution is -2.29. The second kappa shape index (κ2) is 11.1. The Morgan fingerprint density at radius 2 is 1.88 bits per heavy atom. The van der Waals surface area contributed by atoms with Crippen molar-refractivity contribution in [3.63, 3.8) is 0 Å². The van der Waals surface area contributed by atoms with Crippen molar-refractivity contribution in [2.45, 2.75) is 85.0 Å². The quantitative estimate of drug-likeness (QED) is 0.333. The van der Waals surface area contributed by atoms with E-state index in [9.17, 15) is 4.79 Å². The zero-order valence-corrected chi connectivity index (χ0v) is 24.9. The number of ether oxygens (including phenoxy) is 3. The minimum absolute atomic E-state index is 0.338. The van der Waals surface area contributed by atoms with E-state index in [1.807, 2.05) is 41.7 Å². The van der Waals surface area contributed by atoms with Crippen LogP contribution in [0.3, 0.4) is 0 Å². The van der Waals surface area contributed by atoms with Crippen LogP contribution in [0.25, 0.3) is 22.2 Å². The molecule has 0 spiro atoms. The molecule has 0 bridgehead atoms. The van der Waals surface area contributed by atoms with Crippen molar-refractivity contribution in [2.75, 3.05) is 26.8 Å². The van der Waals surface area contributed by atoms with Crippen LogP contribution >= 0.6 is 0 Å². The topological polar surface area (TPSA) is 65.8 Å². The number of hydrogen-bond donors (Lipinski definition) is 0. The summed E-state index contributed by atoms with van der Waals surface area (Å²) in [4.78, 5) is 20.8. The molecule has 8 heteroatoms. The first-order valence-electron chi connectivity index (χ1n) is 14.4. The number of halogens is 1. The number of esters is 1. The molecule has 1 aromatic carbocycles. The van der Waals surface area contributed by atoms with Gasteiger partial charge in [-0.15, -0.1) is 0 Å². The smallest absolute Gasteiger partial charge is 0.339 e. The summed E-state index contributed by atoms with van der Waals surface area (Å²) in [6.45, 7) is 13.1. The van der Waals surface area contributed by atoms with Crippen LogP contribution < -0.4 is 4.74 Å². The van der Waals surface area contributed by atoms with Crippen molar-refractivity contribution in [2.24, 2.45) is 7.05 Å².